The Balaban J connectivity index is 1.30. The van der Waals surface area contributed by atoms with Crippen molar-refractivity contribution in [3.05, 3.63) is 58.4 Å². The van der Waals surface area contributed by atoms with Crippen LogP contribution in [0.5, 0.6) is 0 Å². The average Bonchev–Trinajstić information content (AvgIpc) is 2.83. The first kappa shape index (κ1) is 28.3. The second-order valence-corrected chi connectivity index (χ2v) is 13.1. The molecule has 0 unspecified atom stereocenters. The zero-order chi connectivity index (χ0) is 27.4. The average molecular weight is 565 g/mol. The Morgan fingerprint density at radius 3 is 2.58 bits per heavy atom. The van der Waals surface area contributed by atoms with Gasteiger partial charge < -0.3 is 20.9 Å². The van der Waals surface area contributed by atoms with Gasteiger partial charge in [-0.25, -0.2) is 12.8 Å². The lowest BCUT2D eigenvalue weighted by Crippen LogP contribution is -2.43. The lowest BCUT2D eigenvalue weighted by Gasteiger charge is -2.34. The van der Waals surface area contributed by atoms with E-state index < -0.39 is 39.1 Å². The molecular weight excluding hydrogens is 531 g/mol. The minimum Gasteiger partial charge on any atom is -0.371 e. The van der Waals surface area contributed by atoms with Gasteiger partial charge >= 0.3 is 0 Å². The fourth-order valence-corrected chi connectivity index (χ4v) is 7.17. The molecular formula is C27H34ClFN4O4S. The van der Waals surface area contributed by atoms with Crippen molar-refractivity contribution in [2.75, 3.05) is 42.6 Å². The molecule has 2 aliphatic rings. The maximum atomic E-state index is 13.3. The van der Waals surface area contributed by atoms with Crippen LogP contribution in [0.2, 0.25) is 5.02 Å². The van der Waals surface area contributed by atoms with Gasteiger partial charge in [0.05, 0.1) is 22.9 Å². The maximum absolute atomic E-state index is 13.3. The number of hydrogen-bond acceptors (Lipinski definition) is 6. The van der Waals surface area contributed by atoms with Crippen LogP contribution >= 0.6 is 11.6 Å². The first-order chi connectivity index (χ1) is 18.0. The summed E-state index contributed by atoms with van der Waals surface area (Å²) < 4.78 is 38.7. The van der Waals surface area contributed by atoms with E-state index in [1.165, 1.54) is 12.5 Å². The summed E-state index contributed by atoms with van der Waals surface area (Å²) in [5.41, 5.74) is 1.60. The van der Waals surface area contributed by atoms with Gasteiger partial charge in [0.25, 0.3) is 5.91 Å². The standard InChI is InChI=1S/C27H34ClFN4O4S/c1-17-10-18(2)14-33(13-17)9-3-8-30-26(34)19-5-7-23-24(11-19)32-27(35)25(31-23)16-38(36,37)15-20-4-6-21(29)12-22(20)28/h4-7,11-12,17-18,25,31H,3,8-10,13-16H2,1-2H3,(H,30,34)(H,32,35)/t17-,18-,25-/m1/s1. The molecule has 38 heavy (non-hydrogen) atoms. The van der Waals surface area contributed by atoms with Gasteiger partial charge in [0.2, 0.25) is 5.91 Å². The molecule has 0 aromatic heterocycles. The zero-order valence-corrected chi connectivity index (χ0v) is 23.2. The van der Waals surface area contributed by atoms with Crippen molar-refractivity contribution in [2.24, 2.45) is 11.8 Å². The van der Waals surface area contributed by atoms with E-state index in [2.05, 4.69) is 34.7 Å². The normalized spacial score (nSPS) is 21.8. The number of likely N-dealkylation sites (tertiary alicyclic amines) is 1. The largest absolute Gasteiger partial charge is 0.371 e. The number of halogens is 2. The molecule has 2 aliphatic heterocycles. The number of sulfone groups is 1. The highest BCUT2D eigenvalue weighted by Gasteiger charge is 2.31. The molecule has 4 rings (SSSR count). The molecule has 0 aliphatic carbocycles. The highest BCUT2D eigenvalue weighted by atomic mass is 35.5. The van der Waals surface area contributed by atoms with Crippen LogP contribution in [-0.4, -0.2) is 63.1 Å². The Morgan fingerprint density at radius 1 is 1.13 bits per heavy atom. The Labute approximate surface area is 228 Å². The van der Waals surface area contributed by atoms with Crippen molar-refractivity contribution in [1.29, 1.82) is 0 Å². The zero-order valence-electron chi connectivity index (χ0n) is 21.6. The molecule has 0 saturated carbocycles. The molecule has 2 aromatic rings. The Hall–Kier alpha value is -2.69. The van der Waals surface area contributed by atoms with Gasteiger partial charge in [-0.3, -0.25) is 9.59 Å². The number of piperidine rings is 1. The van der Waals surface area contributed by atoms with Crippen molar-refractivity contribution < 1.29 is 22.4 Å². The SMILES string of the molecule is C[C@@H]1C[C@@H](C)CN(CCCNC(=O)c2ccc3c(c2)NC(=O)[C@@H](CS(=O)(=O)Cc2ccc(F)cc2Cl)N3)C1. The van der Waals surface area contributed by atoms with E-state index in [9.17, 15) is 22.4 Å². The molecule has 3 atom stereocenters. The van der Waals surface area contributed by atoms with Crippen LogP contribution in [0.25, 0.3) is 0 Å². The second kappa shape index (κ2) is 12.0. The van der Waals surface area contributed by atoms with Crippen LogP contribution < -0.4 is 16.0 Å². The summed E-state index contributed by atoms with van der Waals surface area (Å²) >= 11 is 5.97. The number of anilines is 2. The molecule has 3 N–H and O–H groups in total. The van der Waals surface area contributed by atoms with Gasteiger partial charge in [-0.15, -0.1) is 0 Å². The highest BCUT2D eigenvalue weighted by molar-refractivity contribution is 7.90. The van der Waals surface area contributed by atoms with E-state index in [-0.39, 0.29) is 16.5 Å². The lowest BCUT2D eigenvalue weighted by atomic mass is 9.92. The lowest BCUT2D eigenvalue weighted by molar-refractivity contribution is -0.116. The van der Waals surface area contributed by atoms with E-state index >= 15 is 0 Å². The van der Waals surface area contributed by atoms with Crippen LogP contribution in [0.15, 0.2) is 36.4 Å². The van der Waals surface area contributed by atoms with Gasteiger partial charge in [0.15, 0.2) is 9.84 Å². The molecule has 11 heteroatoms. The predicted octanol–water partition coefficient (Wildman–Crippen LogP) is 3.92. The van der Waals surface area contributed by atoms with Crippen LogP contribution in [0, 0.1) is 17.7 Å². The van der Waals surface area contributed by atoms with E-state index in [0.717, 1.165) is 38.2 Å². The first-order valence-corrected chi connectivity index (χ1v) is 15.1. The second-order valence-electron chi connectivity index (χ2n) is 10.6. The van der Waals surface area contributed by atoms with Crippen LogP contribution in [0.4, 0.5) is 15.8 Å². The number of rotatable bonds is 9. The fourth-order valence-electron chi connectivity index (χ4n) is 5.28. The predicted molar refractivity (Wildman–Crippen MR) is 148 cm³/mol. The van der Waals surface area contributed by atoms with Gasteiger partial charge in [0.1, 0.15) is 11.9 Å². The molecule has 1 fully saturated rings. The third-order valence-corrected chi connectivity index (χ3v) is 8.82. The summed E-state index contributed by atoms with van der Waals surface area (Å²) in [4.78, 5) is 27.8. The van der Waals surface area contributed by atoms with E-state index in [4.69, 9.17) is 11.6 Å². The van der Waals surface area contributed by atoms with Crippen LogP contribution in [0.3, 0.4) is 0 Å². The fraction of sp³-hybridized carbons (Fsp3) is 0.481. The summed E-state index contributed by atoms with van der Waals surface area (Å²) in [6.07, 6.45) is 2.12. The highest BCUT2D eigenvalue weighted by Crippen LogP contribution is 2.29. The summed E-state index contributed by atoms with van der Waals surface area (Å²) in [7, 11) is -3.75. The smallest absolute Gasteiger partial charge is 0.251 e. The molecule has 206 valence electrons. The monoisotopic (exact) mass is 564 g/mol. The van der Waals surface area contributed by atoms with Gasteiger partial charge in [-0.2, -0.15) is 0 Å². The summed E-state index contributed by atoms with van der Waals surface area (Å²) in [6.45, 7) is 8.24. The molecule has 0 bridgehead atoms. The Morgan fingerprint density at radius 2 is 1.87 bits per heavy atom. The van der Waals surface area contributed by atoms with Crippen molar-refractivity contribution in [1.82, 2.24) is 10.2 Å². The number of hydrogen-bond donors (Lipinski definition) is 3. The number of nitrogens with one attached hydrogen (secondary N) is 3. The first-order valence-electron chi connectivity index (χ1n) is 12.9. The van der Waals surface area contributed by atoms with Gasteiger partial charge in [-0.1, -0.05) is 31.5 Å². The molecule has 0 spiro atoms. The molecule has 0 radical (unpaired) electrons. The number of benzene rings is 2. The third-order valence-electron chi connectivity index (χ3n) is 6.88. The molecule has 2 heterocycles. The molecule has 2 amide bonds. The topological polar surface area (TPSA) is 108 Å². The number of carbonyl (C=O) groups excluding carboxylic acids is 2. The number of carbonyl (C=O) groups is 2. The number of fused-ring (bicyclic) bond motifs is 1. The number of nitrogens with zero attached hydrogens (tertiary/aromatic N) is 1. The van der Waals surface area contributed by atoms with Crippen molar-refractivity contribution in [3.8, 4) is 0 Å². The minimum absolute atomic E-state index is 0.0153. The van der Waals surface area contributed by atoms with Crippen LogP contribution in [0.1, 0.15) is 42.6 Å². The van der Waals surface area contributed by atoms with E-state index in [1.807, 2.05) is 0 Å². The molecule has 1 saturated heterocycles. The van der Waals surface area contributed by atoms with Gasteiger partial charge in [-0.05, 0) is 67.1 Å². The Kier molecular flexibility index (Phi) is 8.95. The van der Waals surface area contributed by atoms with Crippen molar-refractivity contribution >= 4 is 44.6 Å². The van der Waals surface area contributed by atoms with Crippen LogP contribution in [-0.2, 0) is 20.4 Å². The van der Waals surface area contributed by atoms with Crippen molar-refractivity contribution in [2.45, 2.75) is 38.5 Å². The van der Waals surface area contributed by atoms with Crippen molar-refractivity contribution in [3.63, 3.8) is 0 Å². The molecule has 2 aromatic carbocycles. The summed E-state index contributed by atoms with van der Waals surface area (Å²) in [5.74, 6) is -0.809. The van der Waals surface area contributed by atoms with E-state index in [1.54, 1.807) is 18.2 Å². The van der Waals surface area contributed by atoms with Gasteiger partial charge in [0, 0.05) is 30.2 Å². The third kappa shape index (κ3) is 7.45. The molecule has 8 nitrogen and oxygen atoms in total. The summed E-state index contributed by atoms with van der Waals surface area (Å²) in [6, 6.07) is 7.35. The maximum Gasteiger partial charge on any atom is 0.251 e. The number of amides is 2. The summed E-state index contributed by atoms with van der Waals surface area (Å²) in [5, 5.41) is 8.61. The Bertz CT molecular complexity index is 1300. The quantitative estimate of drug-likeness (QED) is 0.398. The minimum atomic E-state index is -3.75. The van der Waals surface area contributed by atoms with E-state index in [0.29, 0.717) is 35.3 Å².